The highest BCUT2D eigenvalue weighted by molar-refractivity contribution is 8.01. The Balaban J connectivity index is 2.33. The van der Waals surface area contributed by atoms with Crippen molar-refractivity contribution in [3.63, 3.8) is 0 Å². The molecule has 0 spiro atoms. The van der Waals surface area contributed by atoms with Gasteiger partial charge in [-0.05, 0) is 41.5 Å². The molecule has 3 rings (SSSR count). The summed E-state index contributed by atoms with van der Waals surface area (Å²) in [6.45, 7) is 0. The second kappa shape index (κ2) is 7.88. The van der Waals surface area contributed by atoms with Crippen LogP contribution in [0.4, 0.5) is 13.2 Å². The lowest BCUT2D eigenvalue weighted by Gasteiger charge is -2.35. The second-order valence-electron chi connectivity index (χ2n) is 5.86. The van der Waals surface area contributed by atoms with E-state index in [9.17, 15) is 23.1 Å². The summed E-state index contributed by atoms with van der Waals surface area (Å²) in [7, 11) is 0. The predicted molar refractivity (Wildman–Crippen MR) is 99.2 cm³/mol. The molecule has 0 aliphatic rings. The number of thioether (sulfide) groups is 1. The van der Waals surface area contributed by atoms with E-state index in [1.165, 1.54) is 60.7 Å². The van der Waals surface area contributed by atoms with Crippen molar-refractivity contribution in [3.8, 4) is 0 Å². The van der Waals surface area contributed by atoms with Crippen LogP contribution >= 0.6 is 11.8 Å². The largest absolute Gasteiger partial charge is 0.481 e. The van der Waals surface area contributed by atoms with Crippen LogP contribution in [-0.4, -0.2) is 16.8 Å². The summed E-state index contributed by atoms with van der Waals surface area (Å²) in [6, 6.07) is 16.9. The summed E-state index contributed by atoms with van der Waals surface area (Å²) < 4.78 is 40.5. The van der Waals surface area contributed by atoms with Gasteiger partial charge in [-0.1, -0.05) is 42.5 Å². The Morgan fingerprint density at radius 3 is 1.74 bits per heavy atom. The fourth-order valence-corrected chi connectivity index (χ4v) is 4.27. The molecule has 0 atom stereocenters. The third kappa shape index (κ3) is 3.85. The van der Waals surface area contributed by atoms with E-state index in [0.29, 0.717) is 11.1 Å². The van der Waals surface area contributed by atoms with E-state index in [1.807, 2.05) is 0 Å². The highest BCUT2D eigenvalue weighted by Crippen LogP contribution is 2.49. The van der Waals surface area contributed by atoms with Crippen molar-refractivity contribution in [3.05, 3.63) is 107 Å². The minimum absolute atomic E-state index is 0.217. The standard InChI is InChI=1S/C21H15F3O2S/c22-16-9-5-14(6-10-16)21(27-13-20(25)26,15-7-11-17(23)12-8-15)18-3-1-2-4-19(18)24/h1-12H,13H2,(H,25,26). The Labute approximate surface area is 158 Å². The molecule has 1 N–H and O–H groups in total. The van der Waals surface area contributed by atoms with E-state index < -0.39 is 28.2 Å². The van der Waals surface area contributed by atoms with Crippen LogP contribution < -0.4 is 0 Å². The molecule has 3 aromatic carbocycles. The lowest BCUT2D eigenvalue weighted by atomic mass is 9.83. The van der Waals surface area contributed by atoms with Crippen LogP contribution in [0.15, 0.2) is 72.8 Å². The van der Waals surface area contributed by atoms with Gasteiger partial charge in [-0.15, -0.1) is 11.8 Å². The van der Waals surface area contributed by atoms with Crippen LogP contribution in [0.3, 0.4) is 0 Å². The van der Waals surface area contributed by atoms with Gasteiger partial charge < -0.3 is 5.11 Å². The summed E-state index contributed by atoms with van der Waals surface area (Å²) >= 11 is 0.978. The number of hydrogen-bond donors (Lipinski definition) is 1. The molecule has 27 heavy (non-hydrogen) atoms. The van der Waals surface area contributed by atoms with Crippen LogP contribution in [0.5, 0.6) is 0 Å². The van der Waals surface area contributed by atoms with Gasteiger partial charge in [0.15, 0.2) is 0 Å². The summed E-state index contributed by atoms with van der Waals surface area (Å²) in [5, 5.41) is 9.24. The first-order chi connectivity index (χ1) is 12.9. The minimum atomic E-state index is -1.29. The lowest BCUT2D eigenvalue weighted by Crippen LogP contribution is -2.28. The van der Waals surface area contributed by atoms with Crippen molar-refractivity contribution in [2.24, 2.45) is 0 Å². The average molecular weight is 388 g/mol. The molecule has 0 unspecified atom stereocenters. The third-order valence-corrected chi connectivity index (χ3v) is 5.68. The van der Waals surface area contributed by atoms with E-state index in [0.717, 1.165) is 11.8 Å². The maximum atomic E-state index is 14.8. The first kappa shape index (κ1) is 19.0. The van der Waals surface area contributed by atoms with Gasteiger partial charge in [0, 0.05) is 5.56 Å². The number of rotatable bonds is 6. The van der Waals surface area contributed by atoms with Gasteiger partial charge in [-0.25, -0.2) is 13.2 Å². The molecule has 0 aromatic heterocycles. The molecule has 0 aliphatic heterocycles. The maximum Gasteiger partial charge on any atom is 0.313 e. The Kier molecular flexibility index (Phi) is 5.56. The highest BCUT2D eigenvalue weighted by atomic mass is 32.2. The minimum Gasteiger partial charge on any atom is -0.481 e. The van der Waals surface area contributed by atoms with Gasteiger partial charge in [0.25, 0.3) is 0 Å². The van der Waals surface area contributed by atoms with E-state index in [2.05, 4.69) is 0 Å². The normalized spacial score (nSPS) is 11.4. The zero-order valence-electron chi connectivity index (χ0n) is 14.0. The quantitative estimate of drug-likeness (QED) is 0.589. The van der Waals surface area contributed by atoms with E-state index in [4.69, 9.17) is 0 Å². The Bertz CT molecular complexity index is 895. The molecule has 0 bridgehead atoms. The van der Waals surface area contributed by atoms with Crippen LogP contribution in [0.25, 0.3) is 0 Å². The topological polar surface area (TPSA) is 37.3 Å². The Morgan fingerprint density at radius 2 is 1.30 bits per heavy atom. The van der Waals surface area contributed by atoms with Gasteiger partial charge in [0.2, 0.25) is 0 Å². The number of aliphatic carboxylic acids is 1. The molecule has 0 heterocycles. The van der Waals surface area contributed by atoms with Gasteiger partial charge in [-0.3, -0.25) is 4.79 Å². The van der Waals surface area contributed by atoms with Gasteiger partial charge in [0.1, 0.15) is 17.5 Å². The molecule has 0 saturated carbocycles. The molecule has 0 saturated heterocycles. The van der Waals surface area contributed by atoms with Crippen LogP contribution in [-0.2, 0) is 9.54 Å². The number of carbonyl (C=O) groups is 1. The van der Waals surface area contributed by atoms with Crippen molar-refractivity contribution in [1.82, 2.24) is 0 Å². The zero-order valence-corrected chi connectivity index (χ0v) is 14.8. The number of halogens is 3. The molecule has 3 aromatic rings. The SMILES string of the molecule is O=C(O)CSC(c1ccc(F)cc1)(c1ccc(F)cc1)c1ccccc1F. The Morgan fingerprint density at radius 1 is 0.815 bits per heavy atom. The fourth-order valence-electron chi connectivity index (χ4n) is 3.01. The average Bonchev–Trinajstić information content (AvgIpc) is 2.65. The monoisotopic (exact) mass is 388 g/mol. The molecular weight excluding hydrogens is 373 g/mol. The molecule has 0 amide bonds. The number of hydrogen-bond acceptors (Lipinski definition) is 2. The zero-order chi connectivity index (χ0) is 19.4. The van der Waals surface area contributed by atoms with E-state index in [1.54, 1.807) is 12.1 Å². The van der Waals surface area contributed by atoms with Crippen molar-refractivity contribution < 1.29 is 23.1 Å². The van der Waals surface area contributed by atoms with Crippen LogP contribution in [0.2, 0.25) is 0 Å². The third-order valence-electron chi connectivity index (χ3n) is 4.17. The van der Waals surface area contributed by atoms with Gasteiger partial charge in [-0.2, -0.15) is 0 Å². The molecular formula is C21H15F3O2S. The number of carboxylic acid groups (broad SMARTS) is 1. The summed E-state index contributed by atoms with van der Waals surface area (Å²) in [5.41, 5.74) is 1.20. The predicted octanol–water partition coefficient (Wildman–Crippen LogP) is 5.21. The molecule has 0 radical (unpaired) electrons. The molecule has 0 fully saturated rings. The second-order valence-corrected chi connectivity index (χ2v) is 7.05. The Hall–Kier alpha value is -2.73. The number of carboxylic acids is 1. The van der Waals surface area contributed by atoms with Gasteiger partial charge >= 0.3 is 5.97 Å². The van der Waals surface area contributed by atoms with Crippen molar-refractivity contribution >= 4 is 17.7 Å². The smallest absolute Gasteiger partial charge is 0.313 e. The van der Waals surface area contributed by atoms with Crippen molar-refractivity contribution in [1.29, 1.82) is 0 Å². The molecule has 138 valence electrons. The first-order valence-corrected chi connectivity index (χ1v) is 9.05. The van der Waals surface area contributed by atoms with E-state index >= 15 is 0 Å². The highest BCUT2D eigenvalue weighted by Gasteiger charge is 2.39. The summed E-state index contributed by atoms with van der Waals surface area (Å²) in [4.78, 5) is 11.3. The number of benzene rings is 3. The molecule has 6 heteroatoms. The van der Waals surface area contributed by atoms with Crippen LogP contribution in [0, 0.1) is 17.5 Å². The van der Waals surface area contributed by atoms with Crippen molar-refractivity contribution in [2.45, 2.75) is 4.75 Å². The fraction of sp³-hybridized carbons (Fsp3) is 0.0952. The van der Waals surface area contributed by atoms with Crippen LogP contribution in [0.1, 0.15) is 16.7 Å². The van der Waals surface area contributed by atoms with Gasteiger partial charge in [0.05, 0.1) is 10.5 Å². The summed E-state index contributed by atoms with van der Waals surface area (Å²) in [5.74, 6) is -2.88. The summed E-state index contributed by atoms with van der Waals surface area (Å²) in [6.07, 6.45) is 0. The van der Waals surface area contributed by atoms with Crippen molar-refractivity contribution in [2.75, 3.05) is 5.75 Å². The lowest BCUT2D eigenvalue weighted by molar-refractivity contribution is -0.133. The molecule has 0 aliphatic carbocycles. The molecule has 2 nitrogen and oxygen atoms in total. The van der Waals surface area contributed by atoms with E-state index in [-0.39, 0.29) is 11.3 Å². The first-order valence-electron chi connectivity index (χ1n) is 8.06. The maximum absolute atomic E-state index is 14.8.